The third-order valence-electron chi connectivity index (χ3n) is 6.01. The summed E-state index contributed by atoms with van der Waals surface area (Å²) >= 11 is 13.4. The molecule has 0 fully saturated rings. The maximum Gasteiger partial charge on any atom is 0.273 e. The quantitative estimate of drug-likeness (QED) is 0.210. The van der Waals surface area contributed by atoms with Gasteiger partial charge in [0.25, 0.3) is 15.9 Å². The van der Waals surface area contributed by atoms with Gasteiger partial charge in [-0.15, -0.1) is 11.3 Å². The van der Waals surface area contributed by atoms with E-state index in [9.17, 15) is 13.2 Å². The lowest BCUT2D eigenvalue weighted by Crippen LogP contribution is -2.30. The molecule has 1 N–H and O–H groups in total. The van der Waals surface area contributed by atoms with Gasteiger partial charge in [0.1, 0.15) is 10.0 Å². The Morgan fingerprint density at radius 2 is 1.86 bits per heavy atom. The summed E-state index contributed by atoms with van der Waals surface area (Å²) in [7, 11) is -4.02. The Kier molecular flexibility index (Phi) is 8.40. The molecule has 2 heterocycles. The number of unbranched alkanes of at least 4 members (excludes halogenated alkanes) is 3. The number of amides is 1. The van der Waals surface area contributed by atoms with Crippen LogP contribution in [0.3, 0.4) is 0 Å². The van der Waals surface area contributed by atoms with Crippen LogP contribution in [0.15, 0.2) is 52.7 Å². The zero-order valence-corrected chi connectivity index (χ0v) is 23.2. The molecule has 0 radical (unpaired) electrons. The van der Waals surface area contributed by atoms with Crippen LogP contribution < -0.4 is 4.72 Å². The number of rotatable bonds is 10. The Morgan fingerprint density at radius 1 is 1.06 bits per heavy atom. The number of fused-ring (bicyclic) bond motifs is 1. The van der Waals surface area contributed by atoms with E-state index in [0.29, 0.717) is 21.4 Å². The van der Waals surface area contributed by atoms with Crippen LogP contribution in [-0.4, -0.2) is 23.9 Å². The van der Waals surface area contributed by atoms with Gasteiger partial charge in [0.2, 0.25) is 0 Å². The molecule has 0 aliphatic rings. The predicted molar refractivity (Wildman–Crippen MR) is 147 cm³/mol. The summed E-state index contributed by atoms with van der Waals surface area (Å²) in [6, 6.07) is 13.9. The average Bonchev–Trinajstić information content (AvgIpc) is 3.41. The molecular weight excluding hydrogens is 537 g/mol. The van der Waals surface area contributed by atoms with Crippen molar-refractivity contribution in [2.45, 2.75) is 56.7 Å². The van der Waals surface area contributed by atoms with Gasteiger partial charge in [0.05, 0.1) is 21.9 Å². The van der Waals surface area contributed by atoms with E-state index in [1.54, 1.807) is 18.2 Å². The first kappa shape index (κ1) is 26.7. The highest BCUT2D eigenvalue weighted by Crippen LogP contribution is 2.27. The van der Waals surface area contributed by atoms with Gasteiger partial charge in [-0.2, -0.15) is 0 Å². The fourth-order valence-electron chi connectivity index (χ4n) is 4.06. The average molecular weight is 565 g/mol. The first-order valence-electron chi connectivity index (χ1n) is 11.7. The van der Waals surface area contributed by atoms with E-state index in [2.05, 4.69) is 22.7 Å². The third-order valence-corrected chi connectivity index (χ3v) is 9.41. The van der Waals surface area contributed by atoms with Crippen LogP contribution in [0.5, 0.6) is 0 Å². The third kappa shape index (κ3) is 6.11. The van der Waals surface area contributed by atoms with E-state index in [1.165, 1.54) is 37.0 Å². The van der Waals surface area contributed by atoms with E-state index in [4.69, 9.17) is 23.2 Å². The fourth-order valence-corrected chi connectivity index (χ4v) is 6.78. The second kappa shape index (κ2) is 11.3. The highest BCUT2D eigenvalue weighted by Gasteiger charge is 2.21. The number of nitrogens with zero attached hydrogens (tertiary/aromatic N) is 2. The maximum atomic E-state index is 12.8. The lowest BCUT2D eigenvalue weighted by atomic mass is 10.0. The largest absolute Gasteiger partial charge is 0.324 e. The number of halogens is 2. The Labute approximate surface area is 225 Å². The minimum atomic E-state index is -4.02. The van der Waals surface area contributed by atoms with Crippen LogP contribution >= 0.6 is 34.5 Å². The molecule has 1 amide bonds. The second-order valence-corrected chi connectivity index (χ2v) is 12.7. The summed E-state index contributed by atoms with van der Waals surface area (Å²) in [6.07, 6.45) is 5.82. The number of benzene rings is 2. The van der Waals surface area contributed by atoms with Crippen molar-refractivity contribution in [1.29, 1.82) is 0 Å². The van der Waals surface area contributed by atoms with Crippen LogP contribution in [0.4, 0.5) is 0 Å². The number of nitrogens with one attached hydrogen (secondary N) is 1. The number of imidazole rings is 1. The van der Waals surface area contributed by atoms with Crippen molar-refractivity contribution in [3.63, 3.8) is 0 Å². The van der Waals surface area contributed by atoms with Gasteiger partial charge in [-0.3, -0.25) is 4.79 Å². The smallest absolute Gasteiger partial charge is 0.273 e. The lowest BCUT2D eigenvalue weighted by Gasteiger charge is -2.11. The zero-order chi connectivity index (χ0) is 25.9. The summed E-state index contributed by atoms with van der Waals surface area (Å²) in [5.41, 5.74) is 3.81. The maximum absolute atomic E-state index is 12.8. The normalized spacial score (nSPS) is 11.8. The van der Waals surface area contributed by atoms with Crippen molar-refractivity contribution in [1.82, 2.24) is 14.3 Å². The van der Waals surface area contributed by atoms with Gasteiger partial charge in [-0.1, -0.05) is 61.5 Å². The second-order valence-electron chi connectivity index (χ2n) is 8.68. The number of aromatic nitrogens is 2. The summed E-state index contributed by atoms with van der Waals surface area (Å²) in [6.45, 7) is 4.57. The summed E-state index contributed by atoms with van der Waals surface area (Å²) in [5.74, 6) is 0.0420. The molecule has 0 spiro atoms. The van der Waals surface area contributed by atoms with E-state index in [0.717, 1.165) is 41.1 Å². The molecule has 0 aliphatic heterocycles. The molecule has 2 aromatic carbocycles. The van der Waals surface area contributed by atoms with E-state index in [1.807, 2.05) is 23.6 Å². The molecular formula is C26H27Cl2N3O3S2. The highest BCUT2D eigenvalue weighted by molar-refractivity contribution is 7.92. The Bertz CT molecular complexity index is 1510. The predicted octanol–water partition coefficient (Wildman–Crippen LogP) is 7.00. The number of sulfonamides is 1. The van der Waals surface area contributed by atoms with Crippen LogP contribution in [0, 0.1) is 6.92 Å². The van der Waals surface area contributed by atoms with Gasteiger partial charge in [-0.25, -0.2) is 18.1 Å². The zero-order valence-electron chi connectivity index (χ0n) is 20.1. The molecule has 6 nitrogen and oxygen atoms in total. The molecule has 4 aromatic rings. The summed E-state index contributed by atoms with van der Waals surface area (Å²) in [5, 5.41) is 0.693. The number of carbonyl (C=O) groups excluding carboxylic acids is 1. The van der Waals surface area contributed by atoms with E-state index in [-0.39, 0.29) is 9.77 Å². The Balaban J connectivity index is 1.55. The van der Waals surface area contributed by atoms with Crippen molar-refractivity contribution in [3.8, 4) is 0 Å². The minimum Gasteiger partial charge on any atom is -0.324 e. The van der Waals surface area contributed by atoms with E-state index >= 15 is 0 Å². The Morgan fingerprint density at radius 3 is 2.56 bits per heavy atom. The lowest BCUT2D eigenvalue weighted by molar-refractivity contribution is 0.0981. The highest BCUT2D eigenvalue weighted by atomic mass is 35.5. The first-order valence-corrected chi connectivity index (χ1v) is 14.8. The molecule has 0 saturated carbocycles. The van der Waals surface area contributed by atoms with Crippen molar-refractivity contribution >= 4 is 61.5 Å². The molecule has 2 aromatic heterocycles. The molecule has 4 rings (SSSR count). The van der Waals surface area contributed by atoms with Crippen LogP contribution in [0.1, 0.15) is 59.9 Å². The molecule has 0 bridgehead atoms. The van der Waals surface area contributed by atoms with Gasteiger partial charge < -0.3 is 4.57 Å². The number of hydrogen-bond donors (Lipinski definition) is 1. The van der Waals surface area contributed by atoms with E-state index < -0.39 is 15.9 Å². The fraction of sp³-hybridized carbons (Fsp3) is 0.308. The first-order chi connectivity index (χ1) is 17.2. The molecule has 0 atom stereocenters. The number of thiophene rings is 1. The molecule has 0 saturated heterocycles. The van der Waals surface area contributed by atoms with Crippen molar-refractivity contribution in [3.05, 3.63) is 80.4 Å². The molecule has 0 unspecified atom stereocenters. The molecule has 190 valence electrons. The minimum absolute atomic E-state index is 0.0220. The summed E-state index contributed by atoms with van der Waals surface area (Å²) in [4.78, 5) is 17.4. The topological polar surface area (TPSA) is 81.1 Å². The summed E-state index contributed by atoms with van der Waals surface area (Å²) < 4.78 is 29.5. The molecule has 10 heteroatoms. The Hall–Kier alpha value is -2.39. The monoisotopic (exact) mass is 563 g/mol. The van der Waals surface area contributed by atoms with Crippen molar-refractivity contribution < 1.29 is 13.2 Å². The van der Waals surface area contributed by atoms with Gasteiger partial charge >= 0.3 is 0 Å². The molecule has 0 aliphatic carbocycles. The number of hydrogen-bond acceptors (Lipinski definition) is 5. The SMILES string of the molecule is CCCCCCc1ccc(Cn2c(C)nc3ccc(C(=O)NS(=O)(=O)c4ccc(Cl)s4)cc32)c(Cl)c1. The van der Waals surface area contributed by atoms with Crippen molar-refractivity contribution in [2.24, 2.45) is 0 Å². The van der Waals surface area contributed by atoms with Crippen LogP contribution in [-0.2, 0) is 23.0 Å². The van der Waals surface area contributed by atoms with Crippen molar-refractivity contribution in [2.75, 3.05) is 0 Å². The van der Waals surface area contributed by atoms with Crippen LogP contribution in [0.25, 0.3) is 11.0 Å². The molecule has 36 heavy (non-hydrogen) atoms. The number of carbonyl (C=O) groups is 1. The number of aryl methyl sites for hydroxylation is 2. The standard InChI is InChI=1S/C26H27Cl2N3O3S2/c1-3-4-5-6-7-18-8-9-20(21(27)14-18)16-31-17(2)29-22-11-10-19(15-23(22)31)26(32)30-36(33,34)25-13-12-24(28)35-25/h8-15H,3-7,16H2,1-2H3,(H,30,32). The van der Waals surface area contributed by atoms with Gasteiger partial charge in [0.15, 0.2) is 0 Å². The van der Waals surface area contributed by atoms with Gasteiger partial charge in [0, 0.05) is 10.6 Å². The van der Waals surface area contributed by atoms with Gasteiger partial charge in [-0.05, 0) is 67.3 Å². The van der Waals surface area contributed by atoms with Crippen LogP contribution in [0.2, 0.25) is 9.36 Å².